The first-order chi connectivity index (χ1) is 7.21. The SMILES string of the molecule is CC1CCCOP(=O)(c2ccccc2)O1. The molecule has 2 atom stereocenters. The lowest BCUT2D eigenvalue weighted by molar-refractivity contribution is 0.195. The van der Waals surface area contributed by atoms with E-state index in [0.717, 1.165) is 12.8 Å². The summed E-state index contributed by atoms with van der Waals surface area (Å²) in [4.78, 5) is 0. The summed E-state index contributed by atoms with van der Waals surface area (Å²) in [6.07, 6.45) is 1.80. The van der Waals surface area contributed by atoms with Gasteiger partial charge in [-0.1, -0.05) is 18.2 Å². The van der Waals surface area contributed by atoms with E-state index in [1.54, 1.807) is 12.1 Å². The monoisotopic (exact) mass is 226 g/mol. The first-order valence-corrected chi connectivity index (χ1v) is 6.73. The Morgan fingerprint density at radius 1 is 1.33 bits per heavy atom. The Balaban J connectivity index is 2.28. The van der Waals surface area contributed by atoms with Crippen molar-refractivity contribution in [1.82, 2.24) is 0 Å². The quantitative estimate of drug-likeness (QED) is 0.690. The minimum atomic E-state index is -3.07. The molecule has 15 heavy (non-hydrogen) atoms. The van der Waals surface area contributed by atoms with Gasteiger partial charge >= 0.3 is 7.60 Å². The summed E-state index contributed by atoms with van der Waals surface area (Å²) >= 11 is 0. The van der Waals surface area contributed by atoms with Crippen LogP contribution in [-0.4, -0.2) is 12.7 Å². The highest BCUT2D eigenvalue weighted by molar-refractivity contribution is 7.62. The highest BCUT2D eigenvalue weighted by atomic mass is 31.2. The van der Waals surface area contributed by atoms with Gasteiger partial charge in [-0.05, 0) is 31.9 Å². The zero-order valence-electron chi connectivity index (χ0n) is 8.76. The maximum Gasteiger partial charge on any atom is 0.361 e. The molecule has 1 aromatic rings. The second-order valence-electron chi connectivity index (χ2n) is 3.72. The molecule has 1 aromatic carbocycles. The maximum atomic E-state index is 12.4. The van der Waals surface area contributed by atoms with Gasteiger partial charge in [0.2, 0.25) is 0 Å². The van der Waals surface area contributed by atoms with Crippen molar-refractivity contribution in [3.63, 3.8) is 0 Å². The zero-order chi connectivity index (χ0) is 10.7. The van der Waals surface area contributed by atoms with Crippen LogP contribution in [0.4, 0.5) is 0 Å². The fourth-order valence-electron chi connectivity index (χ4n) is 1.62. The van der Waals surface area contributed by atoms with Crippen LogP contribution in [0.25, 0.3) is 0 Å². The largest absolute Gasteiger partial charge is 0.361 e. The van der Waals surface area contributed by atoms with Gasteiger partial charge < -0.3 is 9.05 Å². The van der Waals surface area contributed by atoms with Crippen molar-refractivity contribution in [2.45, 2.75) is 25.9 Å². The van der Waals surface area contributed by atoms with E-state index in [2.05, 4.69) is 0 Å². The molecule has 1 aliphatic heterocycles. The molecule has 1 saturated heterocycles. The van der Waals surface area contributed by atoms with Crippen molar-refractivity contribution in [2.24, 2.45) is 0 Å². The van der Waals surface area contributed by atoms with Crippen LogP contribution in [0.3, 0.4) is 0 Å². The molecule has 0 amide bonds. The molecule has 4 heteroatoms. The Labute approximate surface area is 89.9 Å². The summed E-state index contributed by atoms with van der Waals surface area (Å²) in [6, 6.07) is 9.16. The van der Waals surface area contributed by atoms with Crippen molar-refractivity contribution in [1.29, 1.82) is 0 Å². The van der Waals surface area contributed by atoms with Gasteiger partial charge in [0.15, 0.2) is 0 Å². The molecular weight excluding hydrogens is 211 g/mol. The van der Waals surface area contributed by atoms with Crippen molar-refractivity contribution in [3.8, 4) is 0 Å². The summed E-state index contributed by atoms with van der Waals surface area (Å²) < 4.78 is 23.3. The third kappa shape index (κ3) is 2.49. The van der Waals surface area contributed by atoms with Crippen LogP contribution in [-0.2, 0) is 13.6 Å². The molecule has 0 aliphatic carbocycles. The van der Waals surface area contributed by atoms with Crippen LogP contribution in [0, 0.1) is 0 Å². The Hall–Kier alpha value is -0.630. The lowest BCUT2D eigenvalue weighted by Crippen LogP contribution is -2.12. The van der Waals surface area contributed by atoms with Gasteiger partial charge in [0, 0.05) is 0 Å². The van der Waals surface area contributed by atoms with E-state index in [9.17, 15) is 4.57 Å². The summed E-state index contributed by atoms with van der Waals surface area (Å²) in [7, 11) is -3.07. The lowest BCUT2D eigenvalue weighted by atomic mass is 10.2. The van der Waals surface area contributed by atoms with Crippen LogP contribution in [0.5, 0.6) is 0 Å². The standard InChI is InChI=1S/C11H15O3P/c1-10-6-5-9-13-15(12,14-10)11-7-3-2-4-8-11/h2-4,7-8,10H,5-6,9H2,1H3. The molecule has 82 valence electrons. The van der Waals surface area contributed by atoms with Crippen molar-refractivity contribution in [2.75, 3.05) is 6.61 Å². The molecule has 0 spiro atoms. The molecule has 1 fully saturated rings. The summed E-state index contributed by atoms with van der Waals surface area (Å²) in [5.74, 6) is 0. The zero-order valence-corrected chi connectivity index (χ0v) is 9.65. The van der Waals surface area contributed by atoms with Crippen molar-refractivity contribution in [3.05, 3.63) is 30.3 Å². The maximum absolute atomic E-state index is 12.4. The average Bonchev–Trinajstić information content (AvgIpc) is 2.42. The van der Waals surface area contributed by atoms with Gasteiger partial charge in [0.05, 0.1) is 18.0 Å². The predicted molar refractivity (Wildman–Crippen MR) is 59.4 cm³/mol. The molecule has 2 rings (SSSR count). The molecule has 0 saturated carbocycles. The molecule has 1 heterocycles. The van der Waals surface area contributed by atoms with Gasteiger partial charge in [0.1, 0.15) is 0 Å². The first-order valence-electron chi connectivity index (χ1n) is 5.19. The highest BCUT2D eigenvalue weighted by Crippen LogP contribution is 2.50. The summed E-state index contributed by atoms with van der Waals surface area (Å²) in [5.41, 5.74) is 0. The third-order valence-corrected chi connectivity index (χ3v) is 4.50. The van der Waals surface area contributed by atoms with Crippen LogP contribution in [0.1, 0.15) is 19.8 Å². The van der Waals surface area contributed by atoms with Gasteiger partial charge in [-0.3, -0.25) is 4.57 Å². The lowest BCUT2D eigenvalue weighted by Gasteiger charge is -2.18. The molecule has 0 bridgehead atoms. The van der Waals surface area contributed by atoms with E-state index in [1.165, 1.54) is 0 Å². The minimum Gasteiger partial charge on any atom is -0.305 e. The smallest absolute Gasteiger partial charge is 0.305 e. The predicted octanol–water partition coefficient (Wildman–Crippen LogP) is 2.72. The Kier molecular flexibility index (Phi) is 3.25. The highest BCUT2D eigenvalue weighted by Gasteiger charge is 2.31. The van der Waals surface area contributed by atoms with Crippen LogP contribution < -0.4 is 5.30 Å². The Bertz CT molecular complexity index is 363. The molecule has 3 nitrogen and oxygen atoms in total. The summed E-state index contributed by atoms with van der Waals surface area (Å²) in [6.45, 7) is 2.45. The number of rotatable bonds is 1. The number of benzene rings is 1. The molecule has 0 aromatic heterocycles. The van der Waals surface area contributed by atoms with Gasteiger partial charge in [-0.25, -0.2) is 0 Å². The summed E-state index contributed by atoms with van der Waals surface area (Å²) in [5, 5.41) is 0.652. The third-order valence-electron chi connectivity index (χ3n) is 2.41. The fourth-order valence-corrected chi connectivity index (χ4v) is 3.44. The molecule has 1 aliphatic rings. The minimum absolute atomic E-state index is 0.00135. The van der Waals surface area contributed by atoms with E-state index in [1.807, 2.05) is 25.1 Å². The Morgan fingerprint density at radius 2 is 2.07 bits per heavy atom. The van der Waals surface area contributed by atoms with E-state index in [4.69, 9.17) is 9.05 Å². The van der Waals surface area contributed by atoms with Crippen LogP contribution in [0.15, 0.2) is 30.3 Å². The van der Waals surface area contributed by atoms with E-state index in [0.29, 0.717) is 11.9 Å². The van der Waals surface area contributed by atoms with E-state index in [-0.39, 0.29) is 6.10 Å². The van der Waals surface area contributed by atoms with E-state index < -0.39 is 7.60 Å². The second kappa shape index (κ2) is 4.48. The van der Waals surface area contributed by atoms with Crippen LogP contribution >= 0.6 is 7.60 Å². The number of hydrogen-bond donors (Lipinski definition) is 0. The molecule has 0 N–H and O–H groups in total. The van der Waals surface area contributed by atoms with Gasteiger partial charge in [0.25, 0.3) is 0 Å². The molecule has 2 unspecified atom stereocenters. The average molecular weight is 226 g/mol. The fraction of sp³-hybridized carbons (Fsp3) is 0.455. The molecule has 0 radical (unpaired) electrons. The normalized spacial score (nSPS) is 32.2. The van der Waals surface area contributed by atoms with Gasteiger partial charge in [-0.15, -0.1) is 0 Å². The topological polar surface area (TPSA) is 35.5 Å². The van der Waals surface area contributed by atoms with Gasteiger partial charge in [-0.2, -0.15) is 0 Å². The van der Waals surface area contributed by atoms with Crippen LogP contribution in [0.2, 0.25) is 0 Å². The Morgan fingerprint density at radius 3 is 2.80 bits per heavy atom. The second-order valence-corrected chi connectivity index (χ2v) is 5.70. The number of hydrogen-bond acceptors (Lipinski definition) is 3. The van der Waals surface area contributed by atoms with Crippen molar-refractivity contribution >= 4 is 12.9 Å². The van der Waals surface area contributed by atoms with Crippen molar-refractivity contribution < 1.29 is 13.6 Å². The van der Waals surface area contributed by atoms with E-state index >= 15 is 0 Å². The first kappa shape index (κ1) is 10.9. The molecular formula is C11H15O3P.